The molecule has 0 aliphatic rings. The first-order chi connectivity index (χ1) is 8.84. The number of thiophene rings is 1. The van der Waals surface area contributed by atoms with Gasteiger partial charge in [-0.25, -0.2) is 4.98 Å². The molecule has 0 unspecified atom stereocenters. The Bertz CT molecular complexity index is 691. The molecule has 0 aliphatic heterocycles. The van der Waals surface area contributed by atoms with Gasteiger partial charge in [0.25, 0.3) is 0 Å². The van der Waals surface area contributed by atoms with E-state index in [0.29, 0.717) is 12.1 Å². The first kappa shape index (κ1) is 11.0. The highest BCUT2D eigenvalue weighted by Crippen LogP contribution is 2.26. The molecule has 0 radical (unpaired) electrons. The molecule has 18 heavy (non-hydrogen) atoms. The van der Waals surface area contributed by atoms with Crippen LogP contribution in [-0.2, 0) is 6.42 Å². The average Bonchev–Trinajstić information content (AvgIpc) is 2.83. The van der Waals surface area contributed by atoms with Crippen LogP contribution in [0.5, 0.6) is 0 Å². The van der Waals surface area contributed by atoms with Crippen molar-refractivity contribution in [2.45, 2.75) is 6.42 Å². The molecule has 2 heterocycles. The van der Waals surface area contributed by atoms with Crippen LogP contribution in [0.25, 0.3) is 10.1 Å². The largest absolute Gasteiger partial charge is 0.292 e. The SMILES string of the molecule is O=C(Cc1csc2ccccc12)c1cnccn1. The molecule has 0 spiro atoms. The lowest BCUT2D eigenvalue weighted by molar-refractivity contribution is 0.0988. The lowest BCUT2D eigenvalue weighted by Crippen LogP contribution is -2.05. The summed E-state index contributed by atoms with van der Waals surface area (Å²) in [4.78, 5) is 20.0. The molecule has 2 aromatic heterocycles. The van der Waals surface area contributed by atoms with Crippen LogP contribution in [0.3, 0.4) is 0 Å². The van der Waals surface area contributed by atoms with Crippen molar-refractivity contribution in [2.75, 3.05) is 0 Å². The predicted octanol–water partition coefficient (Wildman–Crippen LogP) is 3.12. The van der Waals surface area contributed by atoms with E-state index in [-0.39, 0.29) is 5.78 Å². The summed E-state index contributed by atoms with van der Waals surface area (Å²) in [6, 6.07) is 8.11. The van der Waals surface area contributed by atoms with Crippen molar-refractivity contribution in [3.05, 3.63) is 59.5 Å². The molecule has 3 rings (SSSR count). The quantitative estimate of drug-likeness (QED) is 0.674. The van der Waals surface area contributed by atoms with E-state index >= 15 is 0 Å². The molecule has 0 N–H and O–H groups in total. The lowest BCUT2D eigenvalue weighted by atomic mass is 10.1. The summed E-state index contributed by atoms with van der Waals surface area (Å²) in [7, 11) is 0. The van der Waals surface area contributed by atoms with Crippen molar-refractivity contribution >= 4 is 27.2 Å². The van der Waals surface area contributed by atoms with Gasteiger partial charge in [0, 0.05) is 23.5 Å². The van der Waals surface area contributed by atoms with E-state index < -0.39 is 0 Å². The van der Waals surface area contributed by atoms with Crippen LogP contribution in [0.15, 0.2) is 48.2 Å². The number of hydrogen-bond acceptors (Lipinski definition) is 4. The Morgan fingerprint density at radius 2 is 2.11 bits per heavy atom. The predicted molar refractivity (Wildman–Crippen MR) is 71.9 cm³/mol. The summed E-state index contributed by atoms with van der Waals surface area (Å²) in [5.41, 5.74) is 1.49. The van der Waals surface area contributed by atoms with E-state index in [9.17, 15) is 4.79 Å². The van der Waals surface area contributed by atoms with Crippen LogP contribution >= 0.6 is 11.3 Å². The van der Waals surface area contributed by atoms with Gasteiger partial charge in [-0.05, 0) is 22.4 Å². The topological polar surface area (TPSA) is 42.9 Å². The number of benzene rings is 1. The maximum absolute atomic E-state index is 12.1. The van der Waals surface area contributed by atoms with Crippen molar-refractivity contribution in [3.63, 3.8) is 0 Å². The van der Waals surface area contributed by atoms with Gasteiger partial charge in [0.15, 0.2) is 5.78 Å². The number of nitrogens with zero attached hydrogens (tertiary/aromatic N) is 2. The molecule has 0 saturated carbocycles. The highest BCUT2D eigenvalue weighted by atomic mass is 32.1. The summed E-state index contributed by atoms with van der Waals surface area (Å²) in [5.74, 6) is 0.00616. The van der Waals surface area contributed by atoms with Gasteiger partial charge in [-0.2, -0.15) is 0 Å². The van der Waals surface area contributed by atoms with E-state index in [1.165, 1.54) is 10.9 Å². The van der Waals surface area contributed by atoms with Gasteiger partial charge in [-0.15, -0.1) is 11.3 Å². The summed E-state index contributed by atoms with van der Waals surface area (Å²) < 4.78 is 1.21. The van der Waals surface area contributed by atoms with E-state index in [0.717, 1.165) is 10.9 Å². The maximum Gasteiger partial charge on any atom is 0.187 e. The summed E-state index contributed by atoms with van der Waals surface area (Å²) >= 11 is 1.66. The fraction of sp³-hybridized carbons (Fsp3) is 0.0714. The molecule has 1 aromatic carbocycles. The molecule has 0 fully saturated rings. The fourth-order valence-electron chi connectivity index (χ4n) is 1.88. The number of carbonyl (C=O) groups is 1. The molecular formula is C14H10N2OS. The first-order valence-corrected chi connectivity index (χ1v) is 6.47. The smallest absolute Gasteiger partial charge is 0.187 e. The third kappa shape index (κ3) is 2.02. The zero-order valence-corrected chi connectivity index (χ0v) is 10.4. The summed E-state index contributed by atoms with van der Waals surface area (Å²) in [6.45, 7) is 0. The molecular weight excluding hydrogens is 244 g/mol. The third-order valence-electron chi connectivity index (χ3n) is 2.76. The van der Waals surface area contributed by atoms with Crippen molar-refractivity contribution in [2.24, 2.45) is 0 Å². The summed E-state index contributed by atoms with van der Waals surface area (Å²) in [5, 5.41) is 3.19. The standard InChI is InChI=1S/C14H10N2OS/c17-13(12-8-15-5-6-16-12)7-10-9-18-14-4-2-1-3-11(10)14/h1-6,8-9H,7H2. The zero-order valence-electron chi connectivity index (χ0n) is 9.54. The lowest BCUT2D eigenvalue weighted by Gasteiger charge is -1.99. The molecule has 0 bridgehead atoms. The second-order valence-electron chi connectivity index (χ2n) is 3.95. The van der Waals surface area contributed by atoms with Gasteiger partial charge in [-0.3, -0.25) is 9.78 Å². The van der Waals surface area contributed by atoms with Crippen molar-refractivity contribution < 1.29 is 4.79 Å². The Morgan fingerprint density at radius 3 is 2.94 bits per heavy atom. The van der Waals surface area contributed by atoms with Crippen LogP contribution < -0.4 is 0 Å². The highest BCUT2D eigenvalue weighted by Gasteiger charge is 2.11. The minimum atomic E-state index is 0.00616. The number of aromatic nitrogens is 2. The van der Waals surface area contributed by atoms with E-state index in [4.69, 9.17) is 0 Å². The van der Waals surface area contributed by atoms with E-state index in [2.05, 4.69) is 16.0 Å². The van der Waals surface area contributed by atoms with Gasteiger partial charge >= 0.3 is 0 Å². The number of carbonyl (C=O) groups excluding carboxylic acids is 1. The Morgan fingerprint density at radius 1 is 1.22 bits per heavy atom. The van der Waals surface area contributed by atoms with E-state index in [1.54, 1.807) is 23.7 Å². The highest BCUT2D eigenvalue weighted by molar-refractivity contribution is 7.17. The minimum Gasteiger partial charge on any atom is -0.292 e. The molecule has 0 atom stereocenters. The van der Waals surface area contributed by atoms with Crippen molar-refractivity contribution in [1.82, 2.24) is 9.97 Å². The van der Waals surface area contributed by atoms with Crippen LogP contribution in [-0.4, -0.2) is 15.8 Å². The number of hydrogen-bond donors (Lipinski definition) is 0. The Kier molecular flexibility index (Phi) is 2.86. The van der Waals surface area contributed by atoms with Crippen molar-refractivity contribution in [1.29, 1.82) is 0 Å². The van der Waals surface area contributed by atoms with Crippen LogP contribution in [0.1, 0.15) is 16.1 Å². The normalized spacial score (nSPS) is 10.7. The van der Waals surface area contributed by atoms with E-state index in [1.807, 2.05) is 23.6 Å². The number of ketones is 1. The van der Waals surface area contributed by atoms with Crippen LogP contribution in [0, 0.1) is 0 Å². The van der Waals surface area contributed by atoms with Gasteiger partial charge in [0.1, 0.15) is 5.69 Å². The van der Waals surface area contributed by atoms with Gasteiger partial charge in [0.2, 0.25) is 0 Å². The Labute approximate surface area is 108 Å². The minimum absolute atomic E-state index is 0.00616. The van der Waals surface area contributed by atoms with Gasteiger partial charge in [0.05, 0.1) is 6.20 Å². The van der Waals surface area contributed by atoms with Gasteiger partial charge in [-0.1, -0.05) is 18.2 Å². The first-order valence-electron chi connectivity index (χ1n) is 5.59. The molecule has 88 valence electrons. The van der Waals surface area contributed by atoms with Gasteiger partial charge < -0.3 is 0 Å². The molecule has 4 heteroatoms. The molecule has 0 aliphatic carbocycles. The van der Waals surface area contributed by atoms with Crippen LogP contribution in [0.4, 0.5) is 0 Å². The molecule has 0 saturated heterocycles. The Hall–Kier alpha value is -2.07. The molecule has 3 nitrogen and oxygen atoms in total. The monoisotopic (exact) mass is 254 g/mol. The molecule has 3 aromatic rings. The summed E-state index contributed by atoms with van der Waals surface area (Å²) in [6.07, 6.45) is 5.00. The second-order valence-corrected chi connectivity index (χ2v) is 4.86. The van der Waals surface area contributed by atoms with Crippen molar-refractivity contribution in [3.8, 4) is 0 Å². The fourth-order valence-corrected chi connectivity index (χ4v) is 2.84. The molecule has 0 amide bonds. The Balaban J connectivity index is 1.91. The number of rotatable bonds is 3. The number of Topliss-reactive ketones (excluding diaryl/α,β-unsaturated/α-hetero) is 1. The third-order valence-corrected chi connectivity index (χ3v) is 3.77. The zero-order chi connectivity index (χ0) is 12.4. The second kappa shape index (κ2) is 4.66. The van der Waals surface area contributed by atoms with Crippen LogP contribution in [0.2, 0.25) is 0 Å². The average molecular weight is 254 g/mol. The number of fused-ring (bicyclic) bond motifs is 1. The maximum atomic E-state index is 12.1.